The van der Waals surface area contributed by atoms with E-state index in [0.717, 1.165) is 55.6 Å². The molecule has 0 atom stereocenters. The number of rotatable bonds is 11. The molecule has 0 saturated carbocycles. The summed E-state index contributed by atoms with van der Waals surface area (Å²) in [5.41, 5.74) is 2.28. The molecule has 32 heavy (non-hydrogen) atoms. The zero-order valence-electron chi connectivity index (χ0n) is 18.3. The second kappa shape index (κ2) is 12.2. The van der Waals surface area contributed by atoms with Gasteiger partial charge in [0.2, 0.25) is 10.0 Å². The Kier molecular flexibility index (Phi) is 9.96. The van der Waals surface area contributed by atoms with Crippen LogP contribution in [0.1, 0.15) is 47.2 Å². The van der Waals surface area contributed by atoms with Gasteiger partial charge < -0.3 is 14.8 Å². The van der Waals surface area contributed by atoms with Gasteiger partial charge in [0, 0.05) is 12.0 Å². The van der Waals surface area contributed by atoms with E-state index in [9.17, 15) is 13.2 Å². The first-order valence-electron chi connectivity index (χ1n) is 10.6. The second-order valence-corrected chi connectivity index (χ2v) is 9.18. The molecular weight excluding hydrogens is 452 g/mol. The first kappa shape index (κ1) is 26.1. The zero-order chi connectivity index (χ0) is 22.3. The molecule has 1 aliphatic rings. The molecule has 9 heteroatoms. The van der Waals surface area contributed by atoms with E-state index in [0.29, 0.717) is 30.8 Å². The number of hydrogen-bond donors (Lipinski definition) is 2. The lowest BCUT2D eigenvalue weighted by Crippen LogP contribution is -2.19. The molecule has 0 aromatic heterocycles. The van der Waals surface area contributed by atoms with Gasteiger partial charge in [-0.3, -0.25) is 4.79 Å². The Hall–Kier alpha value is -2.13. The molecule has 7 nitrogen and oxygen atoms in total. The van der Waals surface area contributed by atoms with Gasteiger partial charge in [-0.1, -0.05) is 18.2 Å². The van der Waals surface area contributed by atoms with Crippen LogP contribution in [0.25, 0.3) is 0 Å². The monoisotopic (exact) mass is 482 g/mol. The number of aryl methyl sites for hydroxylation is 1. The third-order valence-corrected chi connectivity index (χ3v) is 6.28. The number of sulfonamides is 1. The molecule has 1 aliphatic heterocycles. The van der Waals surface area contributed by atoms with Gasteiger partial charge in [0.05, 0.1) is 13.7 Å². The Morgan fingerprint density at radius 2 is 1.97 bits per heavy atom. The van der Waals surface area contributed by atoms with Crippen molar-refractivity contribution in [3.63, 3.8) is 0 Å². The van der Waals surface area contributed by atoms with Crippen molar-refractivity contribution in [2.75, 3.05) is 26.8 Å². The fourth-order valence-electron chi connectivity index (χ4n) is 3.76. The molecule has 2 aromatic carbocycles. The van der Waals surface area contributed by atoms with E-state index in [1.54, 1.807) is 13.2 Å². The van der Waals surface area contributed by atoms with Crippen molar-refractivity contribution in [2.24, 2.45) is 5.14 Å². The fraction of sp³-hybridized carbons (Fsp3) is 0.435. The summed E-state index contributed by atoms with van der Waals surface area (Å²) in [6.07, 6.45) is 4.27. The smallest absolute Gasteiger partial charge is 0.241 e. The lowest BCUT2D eigenvalue weighted by atomic mass is 9.99. The lowest BCUT2D eigenvalue weighted by molar-refractivity contribution is 0.0979. The maximum atomic E-state index is 12.6. The third-order valence-electron chi connectivity index (χ3n) is 5.37. The van der Waals surface area contributed by atoms with Gasteiger partial charge in [0.25, 0.3) is 0 Å². The van der Waals surface area contributed by atoms with E-state index < -0.39 is 10.0 Å². The number of para-hydroxylation sites is 1. The first-order chi connectivity index (χ1) is 14.9. The number of carbonyl (C=O) groups is 1. The number of carbonyl (C=O) groups excluding carboxylic acids is 1. The predicted molar refractivity (Wildman–Crippen MR) is 127 cm³/mol. The van der Waals surface area contributed by atoms with Crippen molar-refractivity contribution < 1.29 is 22.7 Å². The minimum absolute atomic E-state index is 0. The largest absolute Gasteiger partial charge is 0.496 e. The van der Waals surface area contributed by atoms with E-state index >= 15 is 0 Å². The summed E-state index contributed by atoms with van der Waals surface area (Å²) in [7, 11) is -2.29. The number of unbranched alkanes of at least 4 members (excludes halogenated alkanes) is 1. The van der Waals surface area contributed by atoms with Crippen molar-refractivity contribution in [1.82, 2.24) is 5.32 Å². The fourth-order valence-corrected chi connectivity index (χ4v) is 4.50. The lowest BCUT2D eigenvalue weighted by Gasteiger charge is -2.20. The molecule has 0 radical (unpaired) electrons. The molecule has 3 N–H and O–H groups in total. The summed E-state index contributed by atoms with van der Waals surface area (Å²) < 4.78 is 34.8. The van der Waals surface area contributed by atoms with E-state index in [-0.39, 0.29) is 23.1 Å². The Morgan fingerprint density at radius 1 is 1.19 bits per heavy atom. The molecule has 0 amide bonds. The Balaban J connectivity index is 0.00000363. The first-order valence-corrected chi connectivity index (χ1v) is 12.1. The molecule has 2 aromatic rings. The van der Waals surface area contributed by atoms with Crippen molar-refractivity contribution in [3.05, 3.63) is 53.1 Å². The number of hydrogen-bond acceptors (Lipinski definition) is 6. The van der Waals surface area contributed by atoms with Crippen LogP contribution in [0.2, 0.25) is 0 Å². The van der Waals surface area contributed by atoms with Crippen LogP contribution in [0.15, 0.2) is 41.3 Å². The summed E-state index contributed by atoms with van der Waals surface area (Å²) in [4.78, 5) is 12.6. The highest BCUT2D eigenvalue weighted by Crippen LogP contribution is 2.33. The standard InChI is InChI=1S/C23H30N2O5S.ClH/c1-29-21-10-3-2-7-17(21)11-13-25-12-5-4-9-20(26)19-15-18-8-6-14-30-23(18)22(16-19)31(24,27)28;/h2-3,7,10,15-16,25H,4-6,8-9,11-14H2,1H3,(H2,24,27,28);1H. The molecular formula is C23H31ClN2O5S. The number of nitrogens with one attached hydrogen (secondary N) is 1. The minimum atomic E-state index is -3.96. The number of nitrogens with two attached hydrogens (primary N) is 1. The van der Waals surface area contributed by atoms with Crippen LogP contribution >= 0.6 is 12.4 Å². The molecule has 176 valence electrons. The van der Waals surface area contributed by atoms with Crippen molar-refractivity contribution in [2.45, 2.75) is 43.4 Å². The van der Waals surface area contributed by atoms with Gasteiger partial charge in [-0.2, -0.15) is 0 Å². The SMILES string of the molecule is COc1ccccc1CCNCCCCC(=O)c1cc2c(c(S(N)(=O)=O)c1)OCCC2.Cl. The molecule has 0 bridgehead atoms. The average molecular weight is 483 g/mol. The predicted octanol–water partition coefficient (Wildman–Crippen LogP) is 3.27. The Bertz CT molecular complexity index is 1030. The molecule has 3 rings (SSSR count). The number of halogens is 1. The van der Waals surface area contributed by atoms with Crippen LogP contribution in [0.4, 0.5) is 0 Å². The topological polar surface area (TPSA) is 108 Å². The molecule has 1 heterocycles. The summed E-state index contributed by atoms with van der Waals surface area (Å²) >= 11 is 0. The van der Waals surface area contributed by atoms with Gasteiger partial charge in [-0.15, -0.1) is 12.4 Å². The Morgan fingerprint density at radius 3 is 2.72 bits per heavy atom. The highest BCUT2D eigenvalue weighted by atomic mass is 35.5. The number of methoxy groups -OCH3 is 1. The third kappa shape index (κ3) is 6.93. The van der Waals surface area contributed by atoms with Gasteiger partial charge in [0.1, 0.15) is 16.4 Å². The van der Waals surface area contributed by atoms with Crippen molar-refractivity contribution in [3.8, 4) is 11.5 Å². The minimum Gasteiger partial charge on any atom is -0.496 e. The van der Waals surface area contributed by atoms with Gasteiger partial charge in [-0.05, 0) is 74.5 Å². The molecule has 0 fully saturated rings. The van der Waals surface area contributed by atoms with E-state index in [4.69, 9.17) is 14.6 Å². The molecule has 0 unspecified atom stereocenters. The number of ether oxygens (including phenoxy) is 2. The number of Topliss-reactive ketones (excluding diaryl/α,β-unsaturated/α-hetero) is 1. The van der Waals surface area contributed by atoms with Crippen LogP contribution in [0.3, 0.4) is 0 Å². The number of ketones is 1. The van der Waals surface area contributed by atoms with Crippen molar-refractivity contribution in [1.29, 1.82) is 0 Å². The highest BCUT2D eigenvalue weighted by molar-refractivity contribution is 7.89. The second-order valence-electron chi connectivity index (χ2n) is 7.65. The summed E-state index contributed by atoms with van der Waals surface area (Å²) in [6, 6.07) is 11.1. The normalized spacial score (nSPS) is 12.9. The molecule has 0 spiro atoms. The van der Waals surface area contributed by atoms with E-state index in [1.165, 1.54) is 6.07 Å². The molecule has 0 saturated heterocycles. The molecule has 0 aliphatic carbocycles. The van der Waals surface area contributed by atoms with Crippen LogP contribution < -0.4 is 19.9 Å². The van der Waals surface area contributed by atoms with Crippen LogP contribution in [0, 0.1) is 0 Å². The summed E-state index contributed by atoms with van der Waals surface area (Å²) in [6.45, 7) is 2.09. The number of benzene rings is 2. The van der Waals surface area contributed by atoms with Gasteiger partial charge in [-0.25, -0.2) is 13.6 Å². The zero-order valence-corrected chi connectivity index (χ0v) is 19.9. The van der Waals surface area contributed by atoms with Crippen molar-refractivity contribution >= 4 is 28.2 Å². The maximum Gasteiger partial charge on any atom is 0.241 e. The van der Waals surface area contributed by atoms with Gasteiger partial charge >= 0.3 is 0 Å². The Labute approximate surface area is 196 Å². The van der Waals surface area contributed by atoms with E-state index in [1.807, 2.05) is 18.2 Å². The van der Waals surface area contributed by atoms with Crippen LogP contribution in [0.5, 0.6) is 11.5 Å². The van der Waals surface area contributed by atoms with Gasteiger partial charge in [0.15, 0.2) is 5.78 Å². The highest BCUT2D eigenvalue weighted by Gasteiger charge is 2.24. The van der Waals surface area contributed by atoms with Crippen LogP contribution in [-0.4, -0.2) is 41.0 Å². The summed E-state index contributed by atoms with van der Waals surface area (Å²) in [5, 5.41) is 8.73. The number of primary sulfonamides is 1. The number of fused-ring (bicyclic) bond motifs is 1. The van der Waals surface area contributed by atoms with Crippen LogP contribution in [-0.2, 0) is 22.9 Å². The average Bonchev–Trinajstić information content (AvgIpc) is 2.77. The maximum absolute atomic E-state index is 12.6. The van der Waals surface area contributed by atoms with E-state index in [2.05, 4.69) is 11.4 Å². The summed E-state index contributed by atoms with van der Waals surface area (Å²) in [5.74, 6) is 1.11. The quantitative estimate of drug-likeness (QED) is 0.376.